The first kappa shape index (κ1) is 22.4. The van der Waals surface area contributed by atoms with E-state index in [2.05, 4.69) is 0 Å². The summed E-state index contributed by atoms with van der Waals surface area (Å²) < 4.78 is 6.14. The summed E-state index contributed by atoms with van der Waals surface area (Å²) in [5, 5.41) is 20.8. The Bertz CT molecular complexity index is 1250. The highest BCUT2D eigenvalue weighted by atomic mass is 35.5. The molecule has 1 N–H and O–H groups in total. The predicted molar refractivity (Wildman–Crippen MR) is 119 cm³/mol. The second-order valence-electron chi connectivity index (χ2n) is 6.87. The minimum atomic E-state index is -0.684. The Morgan fingerprint density at radius 1 is 1.19 bits per heavy atom. The summed E-state index contributed by atoms with van der Waals surface area (Å²) >= 11 is 12.3. The summed E-state index contributed by atoms with van der Waals surface area (Å²) in [5.74, 6) is -0.959. The Morgan fingerprint density at radius 3 is 2.29 bits per heavy atom. The smallest absolute Gasteiger partial charge is 0.272 e. The van der Waals surface area contributed by atoms with E-state index in [9.17, 15) is 20.0 Å². The van der Waals surface area contributed by atoms with Crippen LogP contribution in [0.15, 0.2) is 47.3 Å². The van der Waals surface area contributed by atoms with Crippen LogP contribution in [0.25, 0.3) is 0 Å². The molecule has 158 valence electrons. The highest BCUT2D eigenvalue weighted by Gasteiger charge is 2.28. The molecule has 0 spiro atoms. The molecular formula is C23H18Cl2N2O4. The average molecular weight is 457 g/mol. The standard InChI is InChI=1S/C23H18Cl2N2O4/c1-12-16(11-26)22(29)27(13(2)14-7-5-4-6-8-14)23(30)19(12)20(28)15-9-17(24)21(31-3)18(25)10-15/h4-10,13,30H,1-3H3. The van der Waals surface area contributed by atoms with E-state index in [0.717, 1.165) is 10.1 Å². The third-order valence-corrected chi connectivity index (χ3v) is 5.67. The van der Waals surface area contributed by atoms with Crippen molar-refractivity contribution in [3.63, 3.8) is 0 Å². The predicted octanol–water partition coefficient (Wildman–Crippen LogP) is 4.89. The van der Waals surface area contributed by atoms with Crippen LogP contribution in [0.1, 0.15) is 45.6 Å². The summed E-state index contributed by atoms with van der Waals surface area (Å²) in [7, 11) is 1.39. The molecule has 2 aromatic carbocycles. The van der Waals surface area contributed by atoms with Gasteiger partial charge in [-0.1, -0.05) is 53.5 Å². The zero-order valence-electron chi connectivity index (χ0n) is 16.9. The summed E-state index contributed by atoms with van der Waals surface area (Å²) in [6.45, 7) is 3.14. The fraction of sp³-hybridized carbons (Fsp3) is 0.174. The topological polar surface area (TPSA) is 92.3 Å². The number of hydrogen-bond donors (Lipinski definition) is 1. The number of rotatable bonds is 5. The number of nitriles is 1. The molecule has 0 bridgehead atoms. The zero-order valence-corrected chi connectivity index (χ0v) is 18.5. The van der Waals surface area contributed by atoms with Gasteiger partial charge in [0.1, 0.15) is 11.6 Å². The van der Waals surface area contributed by atoms with E-state index in [1.165, 1.54) is 26.2 Å². The number of carbonyl (C=O) groups excluding carboxylic acids is 1. The molecule has 3 rings (SSSR count). The third kappa shape index (κ3) is 3.90. The van der Waals surface area contributed by atoms with Gasteiger partial charge >= 0.3 is 0 Å². The third-order valence-electron chi connectivity index (χ3n) is 5.11. The molecule has 0 aliphatic rings. The van der Waals surface area contributed by atoms with Crippen LogP contribution in [0.4, 0.5) is 0 Å². The summed E-state index contributed by atoms with van der Waals surface area (Å²) in [6, 6.07) is 12.9. The Kier molecular flexibility index (Phi) is 6.40. The van der Waals surface area contributed by atoms with Crippen molar-refractivity contribution in [1.29, 1.82) is 5.26 Å². The van der Waals surface area contributed by atoms with Crippen LogP contribution in [-0.2, 0) is 0 Å². The molecule has 0 aliphatic heterocycles. The van der Waals surface area contributed by atoms with E-state index in [-0.39, 0.29) is 38.0 Å². The van der Waals surface area contributed by atoms with Gasteiger partial charge in [-0.3, -0.25) is 14.2 Å². The molecule has 3 aromatic rings. The summed E-state index contributed by atoms with van der Waals surface area (Å²) in [4.78, 5) is 26.3. The van der Waals surface area contributed by atoms with Crippen LogP contribution >= 0.6 is 23.2 Å². The first-order valence-electron chi connectivity index (χ1n) is 9.23. The second-order valence-corrected chi connectivity index (χ2v) is 7.69. The Balaban J connectivity index is 2.28. The molecule has 1 heterocycles. The second kappa shape index (κ2) is 8.84. The molecule has 0 aliphatic carbocycles. The van der Waals surface area contributed by atoms with Crippen molar-refractivity contribution < 1.29 is 14.6 Å². The lowest BCUT2D eigenvalue weighted by Gasteiger charge is -2.21. The van der Waals surface area contributed by atoms with Gasteiger partial charge in [0.15, 0.2) is 11.5 Å². The van der Waals surface area contributed by atoms with Gasteiger partial charge in [-0.2, -0.15) is 5.26 Å². The number of ketones is 1. The van der Waals surface area contributed by atoms with Gasteiger partial charge in [-0.15, -0.1) is 0 Å². The van der Waals surface area contributed by atoms with Crippen LogP contribution in [0.2, 0.25) is 10.0 Å². The fourth-order valence-electron chi connectivity index (χ4n) is 3.46. The molecule has 1 atom stereocenters. The van der Waals surface area contributed by atoms with Crippen molar-refractivity contribution in [3.05, 3.63) is 90.7 Å². The Labute approximate surface area is 188 Å². The number of carbonyl (C=O) groups is 1. The minimum absolute atomic E-state index is 0.0783. The SMILES string of the molecule is COc1c(Cl)cc(C(=O)c2c(C)c(C#N)c(=O)n(C(C)c3ccccc3)c2O)cc1Cl. The number of pyridine rings is 1. The number of nitrogens with zero attached hydrogens (tertiary/aromatic N) is 2. The van der Waals surface area contributed by atoms with Gasteiger partial charge in [0.2, 0.25) is 5.88 Å². The summed E-state index contributed by atoms with van der Waals surface area (Å²) in [5.41, 5.74) is -0.200. The van der Waals surface area contributed by atoms with E-state index in [4.69, 9.17) is 27.9 Å². The molecule has 0 saturated heterocycles. The van der Waals surface area contributed by atoms with Crippen molar-refractivity contribution in [2.45, 2.75) is 19.9 Å². The first-order chi connectivity index (χ1) is 14.7. The Hall–Kier alpha value is -3.27. The number of hydrogen-bond acceptors (Lipinski definition) is 5. The lowest BCUT2D eigenvalue weighted by atomic mass is 9.96. The van der Waals surface area contributed by atoms with Crippen LogP contribution in [-0.4, -0.2) is 22.6 Å². The van der Waals surface area contributed by atoms with E-state index in [1.54, 1.807) is 31.2 Å². The summed E-state index contributed by atoms with van der Waals surface area (Å²) in [6.07, 6.45) is 0. The van der Waals surface area contributed by atoms with Gasteiger partial charge in [0.05, 0.1) is 28.8 Å². The fourth-order valence-corrected chi connectivity index (χ4v) is 4.11. The van der Waals surface area contributed by atoms with Crippen molar-refractivity contribution in [2.24, 2.45) is 0 Å². The van der Waals surface area contributed by atoms with Crippen LogP contribution in [0.3, 0.4) is 0 Å². The van der Waals surface area contributed by atoms with Crippen molar-refractivity contribution in [1.82, 2.24) is 4.57 Å². The van der Waals surface area contributed by atoms with Crippen LogP contribution < -0.4 is 10.3 Å². The molecule has 1 aromatic heterocycles. The quantitative estimate of drug-likeness (QED) is 0.551. The lowest BCUT2D eigenvalue weighted by molar-refractivity contribution is 0.103. The molecule has 31 heavy (non-hydrogen) atoms. The first-order valence-corrected chi connectivity index (χ1v) is 9.99. The number of methoxy groups -OCH3 is 1. The van der Waals surface area contributed by atoms with Gasteiger partial charge in [-0.25, -0.2) is 0 Å². The number of benzene rings is 2. The molecule has 6 nitrogen and oxygen atoms in total. The molecule has 8 heteroatoms. The largest absolute Gasteiger partial charge is 0.494 e. The average Bonchev–Trinajstić information content (AvgIpc) is 2.74. The van der Waals surface area contributed by atoms with Crippen molar-refractivity contribution >= 4 is 29.0 Å². The number of ether oxygens (including phenoxy) is 1. The van der Waals surface area contributed by atoms with Gasteiger partial charge < -0.3 is 9.84 Å². The van der Waals surface area contributed by atoms with E-state index >= 15 is 0 Å². The molecule has 0 radical (unpaired) electrons. The minimum Gasteiger partial charge on any atom is -0.494 e. The monoisotopic (exact) mass is 456 g/mol. The number of aromatic nitrogens is 1. The lowest BCUT2D eigenvalue weighted by Crippen LogP contribution is -2.29. The van der Waals surface area contributed by atoms with Gasteiger partial charge in [-0.05, 0) is 37.1 Å². The maximum absolute atomic E-state index is 13.3. The highest BCUT2D eigenvalue weighted by molar-refractivity contribution is 6.38. The van der Waals surface area contributed by atoms with Gasteiger partial charge in [0.25, 0.3) is 5.56 Å². The normalized spacial score (nSPS) is 11.6. The molecule has 1 unspecified atom stereocenters. The van der Waals surface area contributed by atoms with Crippen molar-refractivity contribution in [2.75, 3.05) is 7.11 Å². The maximum atomic E-state index is 13.3. The van der Waals surface area contributed by atoms with E-state index in [0.29, 0.717) is 0 Å². The molecule has 0 fully saturated rings. The molecule has 0 saturated carbocycles. The molecular weight excluding hydrogens is 439 g/mol. The Morgan fingerprint density at radius 2 is 1.77 bits per heavy atom. The number of halogens is 2. The van der Waals surface area contributed by atoms with E-state index < -0.39 is 23.3 Å². The van der Waals surface area contributed by atoms with Gasteiger partial charge in [0, 0.05) is 5.56 Å². The molecule has 0 amide bonds. The number of aromatic hydroxyl groups is 1. The van der Waals surface area contributed by atoms with Crippen LogP contribution in [0, 0.1) is 18.3 Å². The maximum Gasteiger partial charge on any atom is 0.272 e. The van der Waals surface area contributed by atoms with Crippen LogP contribution in [0.5, 0.6) is 11.6 Å². The van der Waals surface area contributed by atoms with E-state index in [1.807, 2.05) is 12.1 Å². The zero-order chi connectivity index (χ0) is 22.9. The van der Waals surface area contributed by atoms with Crippen molar-refractivity contribution in [3.8, 4) is 17.7 Å². The highest BCUT2D eigenvalue weighted by Crippen LogP contribution is 2.36.